The molecule has 1 radical (unpaired) electrons. The maximum Gasteiger partial charge on any atom is 3.00 e. The molecule has 25 heavy (non-hydrogen) atoms. The van der Waals surface area contributed by atoms with Crippen molar-refractivity contribution in [1.82, 2.24) is 0 Å². The van der Waals surface area contributed by atoms with Crippen LogP contribution in [0.2, 0.25) is 0 Å². The standard InChI is InChI=1S/C22H25.2ClH.Zr/c1-4-5-7-17-14-20-8-6-9-21(22(20)15-17)19-12-10-18(11-13-19)16(2)3;;;/h6,8-16H,4-5,7H2,1-3H3;2*1H;/q-1;;;+3/p-2. The van der Waals surface area contributed by atoms with Gasteiger partial charge in [0.2, 0.25) is 0 Å². The minimum Gasteiger partial charge on any atom is -1.00 e. The van der Waals surface area contributed by atoms with Gasteiger partial charge >= 0.3 is 26.2 Å². The molecular weight excluding hydrogens is 426 g/mol. The fourth-order valence-corrected chi connectivity index (χ4v) is 3.12. The van der Waals surface area contributed by atoms with Crippen molar-refractivity contribution in [3.63, 3.8) is 0 Å². The van der Waals surface area contributed by atoms with Gasteiger partial charge in [-0.3, -0.25) is 0 Å². The van der Waals surface area contributed by atoms with Crippen LogP contribution < -0.4 is 24.8 Å². The summed E-state index contributed by atoms with van der Waals surface area (Å²) in [5.41, 5.74) is 5.56. The molecule has 0 aromatic heterocycles. The van der Waals surface area contributed by atoms with Crippen molar-refractivity contribution in [2.75, 3.05) is 0 Å². The Morgan fingerprint density at radius 3 is 2.24 bits per heavy atom. The molecule has 0 spiro atoms. The van der Waals surface area contributed by atoms with Gasteiger partial charge in [-0.15, -0.1) is 34.5 Å². The van der Waals surface area contributed by atoms with Crippen molar-refractivity contribution in [2.24, 2.45) is 0 Å². The molecule has 3 aromatic carbocycles. The number of rotatable bonds is 5. The van der Waals surface area contributed by atoms with Crippen molar-refractivity contribution in [2.45, 2.75) is 46.0 Å². The first-order valence-electron chi connectivity index (χ1n) is 8.47. The predicted octanol–water partition coefficient (Wildman–Crippen LogP) is 0.697. The number of aryl methyl sites for hydroxylation is 1. The van der Waals surface area contributed by atoms with Gasteiger partial charge in [0, 0.05) is 0 Å². The van der Waals surface area contributed by atoms with Crippen LogP contribution in [0.4, 0.5) is 0 Å². The molecule has 0 saturated carbocycles. The first-order chi connectivity index (χ1) is 10.7. The maximum absolute atomic E-state index is 2.39. The van der Waals surface area contributed by atoms with Gasteiger partial charge in [0.25, 0.3) is 0 Å². The van der Waals surface area contributed by atoms with E-state index in [1.54, 1.807) is 0 Å². The third-order valence-corrected chi connectivity index (χ3v) is 4.52. The monoisotopic (exact) mass is 449 g/mol. The molecule has 131 valence electrons. The number of fused-ring (bicyclic) bond motifs is 1. The normalized spacial score (nSPS) is 10.1. The molecule has 0 amide bonds. The van der Waals surface area contributed by atoms with E-state index in [-0.39, 0.29) is 51.0 Å². The molecule has 0 nitrogen and oxygen atoms in total. The summed E-state index contributed by atoms with van der Waals surface area (Å²) in [6, 6.07) is 20.5. The summed E-state index contributed by atoms with van der Waals surface area (Å²) in [6.07, 6.45) is 3.72. The second-order valence-electron chi connectivity index (χ2n) is 6.55. The minimum absolute atomic E-state index is 0. The van der Waals surface area contributed by atoms with E-state index in [0.29, 0.717) is 5.92 Å². The molecule has 0 saturated heterocycles. The van der Waals surface area contributed by atoms with E-state index in [9.17, 15) is 0 Å². The summed E-state index contributed by atoms with van der Waals surface area (Å²) in [5, 5.41) is 2.77. The van der Waals surface area contributed by atoms with E-state index in [0.717, 1.165) is 0 Å². The van der Waals surface area contributed by atoms with Gasteiger partial charge < -0.3 is 24.8 Å². The summed E-state index contributed by atoms with van der Waals surface area (Å²) in [6.45, 7) is 6.74. The van der Waals surface area contributed by atoms with Gasteiger partial charge in [-0.2, -0.15) is 6.07 Å². The summed E-state index contributed by atoms with van der Waals surface area (Å²) in [5.74, 6) is 0.587. The summed E-state index contributed by atoms with van der Waals surface area (Å²) in [4.78, 5) is 0. The Morgan fingerprint density at radius 1 is 0.960 bits per heavy atom. The van der Waals surface area contributed by atoms with Crippen LogP contribution in [0.3, 0.4) is 0 Å². The van der Waals surface area contributed by atoms with Crippen LogP contribution in [0.1, 0.15) is 50.7 Å². The Labute approximate surface area is 183 Å². The Bertz CT molecular complexity index is 757. The van der Waals surface area contributed by atoms with Crippen LogP contribution >= 0.6 is 0 Å². The Kier molecular flexibility index (Phi) is 11.1. The molecule has 3 heteroatoms. The number of halogens is 2. The van der Waals surface area contributed by atoms with Gasteiger partial charge in [0.05, 0.1) is 0 Å². The largest absolute Gasteiger partial charge is 3.00 e. The summed E-state index contributed by atoms with van der Waals surface area (Å²) in [7, 11) is 0. The molecule has 0 bridgehead atoms. The molecule has 0 N–H and O–H groups in total. The van der Waals surface area contributed by atoms with Crippen molar-refractivity contribution in [3.05, 3.63) is 65.7 Å². The molecule has 0 fully saturated rings. The minimum atomic E-state index is 0. The zero-order valence-electron chi connectivity index (χ0n) is 15.2. The summed E-state index contributed by atoms with van der Waals surface area (Å²) >= 11 is 0. The molecule has 0 atom stereocenters. The Morgan fingerprint density at radius 2 is 1.64 bits per heavy atom. The van der Waals surface area contributed by atoms with Crippen LogP contribution in [-0.2, 0) is 32.6 Å². The van der Waals surface area contributed by atoms with Crippen molar-refractivity contribution in [3.8, 4) is 11.1 Å². The molecule has 3 aromatic rings. The van der Waals surface area contributed by atoms with Crippen LogP contribution in [-0.4, -0.2) is 0 Å². The van der Waals surface area contributed by atoms with E-state index in [4.69, 9.17) is 0 Å². The first kappa shape index (κ1) is 24.5. The van der Waals surface area contributed by atoms with E-state index in [1.165, 1.54) is 52.3 Å². The van der Waals surface area contributed by atoms with Gasteiger partial charge in [0.15, 0.2) is 0 Å². The van der Waals surface area contributed by atoms with E-state index in [2.05, 4.69) is 75.4 Å². The zero-order chi connectivity index (χ0) is 15.5. The van der Waals surface area contributed by atoms with Crippen molar-refractivity contribution < 1.29 is 51.0 Å². The maximum atomic E-state index is 2.39. The number of benzene rings is 2. The van der Waals surface area contributed by atoms with Gasteiger partial charge in [-0.05, 0) is 23.5 Å². The van der Waals surface area contributed by atoms with Crippen LogP contribution in [0.5, 0.6) is 0 Å². The van der Waals surface area contributed by atoms with Crippen LogP contribution in [0.15, 0.2) is 54.6 Å². The molecule has 0 heterocycles. The fraction of sp³-hybridized carbons (Fsp3) is 0.318. The molecule has 0 aliphatic heterocycles. The molecule has 0 aliphatic carbocycles. The number of hydrogen-bond donors (Lipinski definition) is 0. The quantitative estimate of drug-likeness (QED) is 0.501. The second kappa shape index (κ2) is 11.3. The summed E-state index contributed by atoms with van der Waals surface area (Å²) < 4.78 is 0. The van der Waals surface area contributed by atoms with Crippen molar-refractivity contribution >= 4 is 10.8 Å². The van der Waals surface area contributed by atoms with E-state index >= 15 is 0 Å². The average Bonchev–Trinajstić information content (AvgIpc) is 2.95. The van der Waals surface area contributed by atoms with E-state index in [1.807, 2.05) is 0 Å². The van der Waals surface area contributed by atoms with Gasteiger partial charge in [-0.25, -0.2) is 0 Å². The van der Waals surface area contributed by atoms with Crippen molar-refractivity contribution in [1.29, 1.82) is 0 Å². The average molecular weight is 452 g/mol. The van der Waals surface area contributed by atoms with Crippen LogP contribution in [0.25, 0.3) is 21.9 Å². The zero-order valence-corrected chi connectivity index (χ0v) is 19.1. The first-order valence-corrected chi connectivity index (χ1v) is 8.47. The third-order valence-electron chi connectivity index (χ3n) is 4.52. The van der Waals surface area contributed by atoms with Gasteiger partial charge in [-0.1, -0.05) is 69.5 Å². The Balaban J connectivity index is 0.00000192. The Hall–Kier alpha value is -0.487. The predicted molar refractivity (Wildman–Crippen MR) is 97.7 cm³/mol. The topological polar surface area (TPSA) is 0 Å². The van der Waals surface area contributed by atoms with Gasteiger partial charge in [0.1, 0.15) is 0 Å². The molecule has 0 aliphatic rings. The van der Waals surface area contributed by atoms with E-state index < -0.39 is 0 Å². The fourth-order valence-electron chi connectivity index (χ4n) is 3.12. The third kappa shape index (κ3) is 5.75. The molecular formula is C22H25Cl2Zr. The second-order valence-corrected chi connectivity index (χ2v) is 6.55. The molecule has 0 unspecified atom stereocenters. The number of unbranched alkanes of at least 4 members (excludes halogenated alkanes) is 1. The SMILES string of the molecule is CCCCc1cc2c(-c3ccc(C(C)C)cc3)cccc2[cH-]1.[Cl-].[Cl-].[Zr+3]. The van der Waals surface area contributed by atoms with Crippen LogP contribution in [0, 0.1) is 0 Å². The number of hydrogen-bond acceptors (Lipinski definition) is 0. The smallest absolute Gasteiger partial charge is 1.00 e. The molecule has 3 rings (SSSR count).